The van der Waals surface area contributed by atoms with Crippen molar-refractivity contribution in [1.82, 2.24) is 14.9 Å². The van der Waals surface area contributed by atoms with Crippen LogP contribution in [0.2, 0.25) is 0 Å². The second-order valence-corrected chi connectivity index (χ2v) is 5.33. The highest BCUT2D eigenvalue weighted by atomic mass is 16.5. The lowest BCUT2D eigenvalue weighted by atomic mass is 10.0. The Morgan fingerprint density at radius 2 is 2.30 bits per heavy atom. The van der Waals surface area contributed by atoms with E-state index in [0.717, 1.165) is 24.6 Å². The second kappa shape index (κ2) is 6.65. The van der Waals surface area contributed by atoms with Gasteiger partial charge in [0.15, 0.2) is 0 Å². The second-order valence-electron chi connectivity index (χ2n) is 5.33. The van der Waals surface area contributed by atoms with Gasteiger partial charge in [-0.3, -0.25) is 4.79 Å². The fourth-order valence-electron chi connectivity index (χ4n) is 2.40. The smallest absolute Gasteiger partial charge is 0.223 e. The first-order chi connectivity index (χ1) is 9.60. The molecule has 0 bridgehead atoms. The zero-order valence-electron chi connectivity index (χ0n) is 12.4. The van der Waals surface area contributed by atoms with Gasteiger partial charge in [0, 0.05) is 53.3 Å². The average molecular weight is 278 g/mol. The molecule has 1 atom stereocenters. The minimum absolute atomic E-state index is 0.204. The topological polar surface area (TPSA) is 58.6 Å². The lowest BCUT2D eigenvalue weighted by molar-refractivity contribution is -0.128. The van der Waals surface area contributed by atoms with Crippen molar-refractivity contribution in [2.75, 3.05) is 45.8 Å². The minimum Gasteiger partial charge on any atom is -0.383 e. The van der Waals surface area contributed by atoms with Crippen molar-refractivity contribution in [2.24, 2.45) is 5.92 Å². The van der Waals surface area contributed by atoms with Crippen molar-refractivity contribution in [3.8, 4) is 0 Å². The Morgan fingerprint density at radius 3 is 3.00 bits per heavy atom. The summed E-state index contributed by atoms with van der Waals surface area (Å²) in [4.78, 5) is 24.5. The molecule has 1 aliphatic rings. The number of ether oxygens (including phenoxy) is 1. The van der Waals surface area contributed by atoms with Crippen LogP contribution in [0.15, 0.2) is 12.3 Å². The van der Waals surface area contributed by atoms with Gasteiger partial charge in [-0.05, 0) is 12.0 Å². The van der Waals surface area contributed by atoms with Crippen LogP contribution in [0.5, 0.6) is 0 Å². The minimum atomic E-state index is 0.204. The molecular formula is C14H22N4O2. The van der Waals surface area contributed by atoms with Gasteiger partial charge in [0.1, 0.15) is 11.6 Å². The third-order valence-electron chi connectivity index (χ3n) is 3.48. The Bertz CT molecular complexity index is 464. The molecule has 0 aromatic carbocycles. The summed E-state index contributed by atoms with van der Waals surface area (Å²) >= 11 is 0. The van der Waals surface area contributed by atoms with E-state index in [4.69, 9.17) is 4.74 Å². The number of carbonyl (C=O) groups excluding carboxylic acids is 1. The predicted octanol–water partition coefficient (Wildman–Crippen LogP) is 0.580. The van der Waals surface area contributed by atoms with E-state index in [-0.39, 0.29) is 5.91 Å². The molecule has 6 nitrogen and oxygen atoms in total. The fraction of sp³-hybridized carbons (Fsp3) is 0.643. The van der Waals surface area contributed by atoms with Gasteiger partial charge in [0.05, 0.1) is 6.61 Å². The van der Waals surface area contributed by atoms with Gasteiger partial charge >= 0.3 is 0 Å². The van der Waals surface area contributed by atoms with Gasteiger partial charge in [-0.2, -0.15) is 0 Å². The summed E-state index contributed by atoms with van der Waals surface area (Å²) in [6.45, 7) is 2.03. The molecule has 1 fully saturated rings. The molecule has 1 aliphatic heterocycles. The first-order valence-electron chi connectivity index (χ1n) is 6.86. The van der Waals surface area contributed by atoms with E-state index < -0.39 is 0 Å². The van der Waals surface area contributed by atoms with Gasteiger partial charge in [-0.25, -0.2) is 9.97 Å². The van der Waals surface area contributed by atoms with Gasteiger partial charge in [-0.1, -0.05) is 0 Å². The highest BCUT2D eigenvalue weighted by Crippen LogP contribution is 2.21. The first kappa shape index (κ1) is 14.7. The Hall–Kier alpha value is -1.69. The molecule has 110 valence electrons. The largest absolute Gasteiger partial charge is 0.383 e. The molecule has 1 amide bonds. The summed E-state index contributed by atoms with van der Waals surface area (Å²) in [6.07, 6.45) is 3.10. The van der Waals surface area contributed by atoms with Crippen LogP contribution in [-0.4, -0.2) is 61.7 Å². The number of methoxy groups -OCH3 is 1. The molecule has 2 rings (SSSR count). The van der Waals surface area contributed by atoms with Crippen molar-refractivity contribution in [2.45, 2.75) is 12.8 Å². The van der Waals surface area contributed by atoms with Crippen LogP contribution in [-0.2, 0) is 16.0 Å². The van der Waals surface area contributed by atoms with Crippen LogP contribution in [0.4, 0.5) is 5.82 Å². The maximum atomic E-state index is 11.9. The number of nitrogens with zero attached hydrogens (tertiary/aromatic N) is 4. The molecule has 2 heterocycles. The Labute approximate surface area is 119 Å². The summed E-state index contributed by atoms with van der Waals surface area (Å²) in [7, 11) is 5.56. The van der Waals surface area contributed by atoms with Gasteiger partial charge < -0.3 is 14.5 Å². The molecule has 0 spiro atoms. The normalized spacial score (nSPS) is 18.6. The van der Waals surface area contributed by atoms with Crippen LogP contribution in [0.1, 0.15) is 12.2 Å². The summed E-state index contributed by atoms with van der Waals surface area (Å²) in [5.74, 6) is 2.21. The Kier molecular flexibility index (Phi) is 4.89. The number of hydrogen-bond donors (Lipinski definition) is 0. The zero-order valence-corrected chi connectivity index (χ0v) is 12.4. The highest BCUT2D eigenvalue weighted by Gasteiger charge is 2.29. The number of amides is 1. The lowest BCUT2D eigenvalue weighted by Gasteiger charge is -2.16. The van der Waals surface area contributed by atoms with Crippen molar-refractivity contribution < 1.29 is 9.53 Å². The maximum Gasteiger partial charge on any atom is 0.223 e. The molecule has 0 N–H and O–H groups in total. The monoisotopic (exact) mass is 278 g/mol. The van der Waals surface area contributed by atoms with E-state index >= 15 is 0 Å². The number of anilines is 1. The Balaban J connectivity index is 1.94. The fourth-order valence-corrected chi connectivity index (χ4v) is 2.40. The van der Waals surface area contributed by atoms with E-state index in [1.807, 2.05) is 30.0 Å². The molecule has 1 aromatic heterocycles. The molecule has 1 saturated heterocycles. The quantitative estimate of drug-likeness (QED) is 0.762. The van der Waals surface area contributed by atoms with Crippen LogP contribution in [0.25, 0.3) is 0 Å². The maximum absolute atomic E-state index is 11.9. The van der Waals surface area contributed by atoms with Crippen molar-refractivity contribution >= 4 is 11.7 Å². The van der Waals surface area contributed by atoms with E-state index in [0.29, 0.717) is 25.5 Å². The van der Waals surface area contributed by atoms with Crippen LogP contribution >= 0.6 is 0 Å². The first-order valence-corrected chi connectivity index (χ1v) is 6.86. The van der Waals surface area contributed by atoms with Crippen molar-refractivity contribution in [3.05, 3.63) is 18.1 Å². The number of rotatable bonds is 6. The number of aromatic nitrogens is 2. The molecule has 0 saturated carbocycles. The van der Waals surface area contributed by atoms with E-state index in [9.17, 15) is 4.79 Å². The molecule has 0 unspecified atom stereocenters. The third kappa shape index (κ3) is 3.66. The standard InChI is InChI=1S/C14H22N4O2/c1-17(2)13-4-5-15-12(16-13)8-11-9-14(19)18(10-11)6-7-20-3/h4-5,11H,6-10H2,1-3H3/t11-/m0/s1. The lowest BCUT2D eigenvalue weighted by Crippen LogP contribution is -2.29. The molecule has 1 aromatic rings. The van der Waals surface area contributed by atoms with Crippen LogP contribution < -0.4 is 4.90 Å². The summed E-state index contributed by atoms with van der Waals surface area (Å²) in [6, 6.07) is 1.88. The third-order valence-corrected chi connectivity index (χ3v) is 3.48. The van der Waals surface area contributed by atoms with E-state index in [1.54, 1.807) is 13.3 Å². The van der Waals surface area contributed by atoms with Gasteiger partial charge in [0.25, 0.3) is 0 Å². The Morgan fingerprint density at radius 1 is 1.50 bits per heavy atom. The predicted molar refractivity (Wildman–Crippen MR) is 76.6 cm³/mol. The summed E-state index contributed by atoms with van der Waals surface area (Å²) in [5, 5.41) is 0. The molecule has 6 heteroatoms. The van der Waals surface area contributed by atoms with Gasteiger partial charge in [0.2, 0.25) is 5.91 Å². The molecular weight excluding hydrogens is 256 g/mol. The van der Waals surface area contributed by atoms with E-state index in [1.165, 1.54) is 0 Å². The highest BCUT2D eigenvalue weighted by molar-refractivity contribution is 5.78. The summed E-state index contributed by atoms with van der Waals surface area (Å²) in [5.41, 5.74) is 0. The number of carbonyl (C=O) groups is 1. The molecule has 20 heavy (non-hydrogen) atoms. The van der Waals surface area contributed by atoms with Crippen LogP contribution in [0, 0.1) is 5.92 Å². The number of likely N-dealkylation sites (tertiary alicyclic amines) is 1. The summed E-state index contributed by atoms with van der Waals surface area (Å²) < 4.78 is 5.02. The SMILES string of the molecule is COCCN1C[C@@H](Cc2nccc(N(C)C)n2)CC1=O. The van der Waals surface area contributed by atoms with Gasteiger partial charge in [-0.15, -0.1) is 0 Å². The average Bonchev–Trinajstić information content (AvgIpc) is 2.76. The zero-order chi connectivity index (χ0) is 14.5. The van der Waals surface area contributed by atoms with Crippen molar-refractivity contribution in [3.63, 3.8) is 0 Å². The molecule has 0 radical (unpaired) electrons. The molecule has 0 aliphatic carbocycles. The van der Waals surface area contributed by atoms with E-state index in [2.05, 4.69) is 9.97 Å². The number of hydrogen-bond acceptors (Lipinski definition) is 5. The van der Waals surface area contributed by atoms with Crippen LogP contribution in [0.3, 0.4) is 0 Å². The van der Waals surface area contributed by atoms with Crippen molar-refractivity contribution in [1.29, 1.82) is 0 Å².